The van der Waals surface area contributed by atoms with Crippen molar-refractivity contribution < 1.29 is 4.79 Å². The van der Waals surface area contributed by atoms with Crippen molar-refractivity contribution in [2.75, 3.05) is 13.6 Å². The average Bonchev–Trinajstić information content (AvgIpc) is 2.27. The minimum atomic E-state index is -0.00698. The Morgan fingerprint density at radius 3 is 3.21 bits per heavy atom. The molecule has 74 valence electrons. The number of nitrogens with zero attached hydrogens (tertiary/aromatic N) is 2. The van der Waals surface area contributed by atoms with Crippen LogP contribution in [-0.2, 0) is 13.0 Å². The maximum absolute atomic E-state index is 11.4. The summed E-state index contributed by atoms with van der Waals surface area (Å²) in [7, 11) is 1.66. The molecule has 0 unspecified atom stereocenters. The summed E-state index contributed by atoms with van der Waals surface area (Å²) in [6.45, 7) is 1.47. The Kier molecular flexibility index (Phi) is 2.35. The molecule has 0 aliphatic carbocycles. The molecule has 1 aromatic heterocycles. The van der Waals surface area contributed by atoms with E-state index in [9.17, 15) is 4.79 Å². The number of hydrogen-bond acceptors (Lipinski definition) is 2. The third-order valence-corrected chi connectivity index (χ3v) is 2.52. The Hall–Kier alpha value is -1.58. The Morgan fingerprint density at radius 2 is 2.43 bits per heavy atom. The molecular weight excluding hydrogens is 178 g/mol. The molecule has 2 heterocycles. The highest BCUT2D eigenvalue weighted by Crippen LogP contribution is 2.16. The van der Waals surface area contributed by atoms with Crippen LogP contribution in [0.2, 0.25) is 0 Å². The predicted octanol–water partition coefficient (Wildman–Crippen LogP) is 0.779. The van der Waals surface area contributed by atoms with Crippen molar-refractivity contribution in [3.63, 3.8) is 0 Å². The van der Waals surface area contributed by atoms with Crippen LogP contribution >= 0.6 is 0 Å². The molecule has 4 heteroatoms. The van der Waals surface area contributed by atoms with E-state index in [4.69, 9.17) is 0 Å². The lowest BCUT2D eigenvalue weighted by Crippen LogP contribution is -2.41. The van der Waals surface area contributed by atoms with E-state index in [1.54, 1.807) is 13.2 Å². The van der Waals surface area contributed by atoms with Crippen LogP contribution in [0, 0.1) is 0 Å². The highest BCUT2D eigenvalue weighted by atomic mass is 16.2. The fraction of sp³-hybridized carbons (Fsp3) is 0.400. The van der Waals surface area contributed by atoms with Gasteiger partial charge in [-0.1, -0.05) is 0 Å². The Morgan fingerprint density at radius 1 is 1.57 bits per heavy atom. The zero-order chi connectivity index (χ0) is 9.97. The van der Waals surface area contributed by atoms with Gasteiger partial charge in [0.2, 0.25) is 0 Å². The summed E-state index contributed by atoms with van der Waals surface area (Å²) in [4.78, 5) is 17.3. The van der Waals surface area contributed by atoms with Gasteiger partial charge in [-0.3, -0.25) is 4.98 Å². The van der Waals surface area contributed by atoms with E-state index in [0.29, 0.717) is 6.54 Å². The Labute approximate surface area is 82.9 Å². The number of rotatable bonds is 0. The molecule has 1 aliphatic rings. The third kappa shape index (κ3) is 1.55. The normalized spacial score (nSPS) is 14.8. The summed E-state index contributed by atoms with van der Waals surface area (Å²) in [6.07, 6.45) is 4.55. The third-order valence-electron chi connectivity index (χ3n) is 2.52. The molecule has 14 heavy (non-hydrogen) atoms. The number of hydrogen-bond donors (Lipinski definition) is 1. The first kappa shape index (κ1) is 8.99. The molecular formula is C10H13N3O. The molecule has 0 spiro atoms. The van der Waals surface area contributed by atoms with Gasteiger partial charge < -0.3 is 10.2 Å². The van der Waals surface area contributed by atoms with Gasteiger partial charge in [0.15, 0.2) is 0 Å². The number of fused-ring (bicyclic) bond motifs is 1. The van der Waals surface area contributed by atoms with Gasteiger partial charge in [-0.2, -0.15) is 0 Å². The second-order valence-corrected chi connectivity index (χ2v) is 3.37. The van der Waals surface area contributed by atoms with E-state index in [2.05, 4.69) is 10.3 Å². The van der Waals surface area contributed by atoms with Crippen LogP contribution in [0.1, 0.15) is 11.1 Å². The number of aromatic nitrogens is 1. The molecule has 4 nitrogen and oxygen atoms in total. The molecule has 1 aliphatic heterocycles. The maximum atomic E-state index is 11.4. The van der Waals surface area contributed by atoms with Crippen molar-refractivity contribution in [1.82, 2.24) is 15.2 Å². The molecule has 2 rings (SSSR count). The van der Waals surface area contributed by atoms with Gasteiger partial charge in [0.1, 0.15) is 0 Å². The molecule has 0 saturated heterocycles. The lowest BCUT2D eigenvalue weighted by molar-refractivity contribution is 0.194. The van der Waals surface area contributed by atoms with Crippen LogP contribution < -0.4 is 5.32 Å². The Bertz CT molecular complexity index is 351. The first-order valence-corrected chi connectivity index (χ1v) is 4.69. The zero-order valence-electron chi connectivity index (χ0n) is 8.16. The summed E-state index contributed by atoms with van der Waals surface area (Å²) in [5, 5.41) is 2.64. The van der Waals surface area contributed by atoms with Crippen molar-refractivity contribution in [3.05, 3.63) is 29.6 Å². The van der Waals surface area contributed by atoms with Gasteiger partial charge in [0.25, 0.3) is 0 Å². The Balaban J connectivity index is 2.17. The quantitative estimate of drug-likeness (QED) is 0.658. The van der Waals surface area contributed by atoms with E-state index in [0.717, 1.165) is 13.0 Å². The topological polar surface area (TPSA) is 45.2 Å². The first-order valence-electron chi connectivity index (χ1n) is 4.69. The number of pyridine rings is 1. The standard InChI is InChI=1S/C10H13N3O/c1-11-10(14)13-5-3-8-6-12-4-2-9(8)7-13/h2,4,6H,3,5,7H2,1H3,(H,11,14). The molecule has 0 atom stereocenters. The van der Waals surface area contributed by atoms with Crippen molar-refractivity contribution in [2.45, 2.75) is 13.0 Å². The zero-order valence-corrected chi connectivity index (χ0v) is 8.16. The second kappa shape index (κ2) is 3.65. The lowest BCUT2D eigenvalue weighted by Gasteiger charge is -2.27. The van der Waals surface area contributed by atoms with Gasteiger partial charge in [-0.25, -0.2) is 4.79 Å². The highest BCUT2D eigenvalue weighted by molar-refractivity contribution is 5.74. The second-order valence-electron chi connectivity index (χ2n) is 3.37. The molecule has 0 bridgehead atoms. The molecule has 0 aromatic carbocycles. The van der Waals surface area contributed by atoms with Crippen molar-refractivity contribution in [3.8, 4) is 0 Å². The average molecular weight is 191 g/mol. The van der Waals surface area contributed by atoms with Gasteiger partial charge in [-0.15, -0.1) is 0 Å². The van der Waals surface area contributed by atoms with Gasteiger partial charge in [0.05, 0.1) is 0 Å². The lowest BCUT2D eigenvalue weighted by atomic mass is 10.0. The van der Waals surface area contributed by atoms with Crippen LogP contribution in [0.4, 0.5) is 4.79 Å². The monoisotopic (exact) mass is 191 g/mol. The number of urea groups is 1. The summed E-state index contributed by atoms with van der Waals surface area (Å²) in [5.74, 6) is 0. The minimum Gasteiger partial charge on any atom is -0.341 e. The number of amides is 2. The summed E-state index contributed by atoms with van der Waals surface area (Å²) in [5.41, 5.74) is 2.46. The van der Waals surface area contributed by atoms with Gasteiger partial charge in [0, 0.05) is 32.5 Å². The van der Waals surface area contributed by atoms with Gasteiger partial charge in [-0.05, 0) is 23.6 Å². The highest BCUT2D eigenvalue weighted by Gasteiger charge is 2.19. The van der Waals surface area contributed by atoms with E-state index in [1.165, 1.54) is 11.1 Å². The summed E-state index contributed by atoms with van der Waals surface area (Å²) in [6, 6.07) is 1.97. The van der Waals surface area contributed by atoms with Crippen LogP contribution in [-0.4, -0.2) is 29.5 Å². The number of carbonyl (C=O) groups excluding carboxylic acids is 1. The SMILES string of the molecule is CNC(=O)N1CCc2cnccc2C1. The first-order chi connectivity index (χ1) is 6.81. The summed E-state index contributed by atoms with van der Waals surface area (Å²) >= 11 is 0. The smallest absolute Gasteiger partial charge is 0.317 e. The van der Waals surface area contributed by atoms with Crippen molar-refractivity contribution in [1.29, 1.82) is 0 Å². The van der Waals surface area contributed by atoms with E-state index >= 15 is 0 Å². The minimum absolute atomic E-state index is 0.00698. The van der Waals surface area contributed by atoms with Crippen molar-refractivity contribution >= 4 is 6.03 Å². The van der Waals surface area contributed by atoms with Crippen LogP contribution in [0.15, 0.2) is 18.5 Å². The maximum Gasteiger partial charge on any atom is 0.317 e. The van der Waals surface area contributed by atoms with E-state index in [-0.39, 0.29) is 6.03 Å². The summed E-state index contributed by atoms with van der Waals surface area (Å²) < 4.78 is 0. The molecule has 2 amide bonds. The largest absolute Gasteiger partial charge is 0.341 e. The fourth-order valence-corrected chi connectivity index (χ4v) is 1.71. The van der Waals surface area contributed by atoms with Crippen LogP contribution in [0.25, 0.3) is 0 Å². The molecule has 1 N–H and O–H groups in total. The predicted molar refractivity (Wildman–Crippen MR) is 52.8 cm³/mol. The van der Waals surface area contributed by atoms with E-state index in [1.807, 2.05) is 17.2 Å². The fourth-order valence-electron chi connectivity index (χ4n) is 1.71. The molecule has 0 radical (unpaired) electrons. The molecule has 1 aromatic rings. The van der Waals surface area contributed by atoms with E-state index < -0.39 is 0 Å². The van der Waals surface area contributed by atoms with Crippen LogP contribution in [0.5, 0.6) is 0 Å². The molecule has 0 fully saturated rings. The van der Waals surface area contributed by atoms with Crippen molar-refractivity contribution in [2.24, 2.45) is 0 Å². The van der Waals surface area contributed by atoms with Gasteiger partial charge >= 0.3 is 6.03 Å². The molecule has 0 saturated carbocycles. The number of nitrogens with one attached hydrogen (secondary N) is 1. The number of carbonyl (C=O) groups is 1. The van der Waals surface area contributed by atoms with Crippen LogP contribution in [0.3, 0.4) is 0 Å².